The van der Waals surface area contributed by atoms with Crippen molar-refractivity contribution in [3.8, 4) is 11.5 Å². The van der Waals surface area contributed by atoms with Crippen molar-refractivity contribution in [1.82, 2.24) is 0 Å². The van der Waals surface area contributed by atoms with Crippen LogP contribution in [-0.4, -0.2) is 31.6 Å². The lowest BCUT2D eigenvalue weighted by Crippen LogP contribution is -2.43. The van der Waals surface area contributed by atoms with E-state index in [0.717, 1.165) is 5.75 Å². The smallest absolute Gasteiger partial charge is 0.265 e. The van der Waals surface area contributed by atoms with Gasteiger partial charge in [-0.2, -0.15) is 0 Å². The summed E-state index contributed by atoms with van der Waals surface area (Å²) in [6.45, 7) is 2.25. The molecule has 0 aromatic heterocycles. The fourth-order valence-corrected chi connectivity index (χ4v) is 2.66. The molecule has 0 unspecified atom stereocenters. The second-order valence-electron chi connectivity index (χ2n) is 5.39. The van der Waals surface area contributed by atoms with Gasteiger partial charge < -0.3 is 14.8 Å². The van der Waals surface area contributed by atoms with Crippen molar-refractivity contribution in [2.75, 3.05) is 30.0 Å². The molecule has 0 saturated carbocycles. The van der Waals surface area contributed by atoms with Gasteiger partial charge in [-0.25, -0.2) is 0 Å². The van der Waals surface area contributed by atoms with Crippen molar-refractivity contribution in [3.05, 3.63) is 47.5 Å². The van der Waals surface area contributed by atoms with E-state index in [4.69, 9.17) is 21.1 Å². The molecule has 7 heteroatoms. The van der Waals surface area contributed by atoms with Gasteiger partial charge in [-0.05, 0) is 43.3 Å². The number of fused-ring (bicyclic) bond motifs is 1. The van der Waals surface area contributed by atoms with Crippen molar-refractivity contribution >= 4 is 34.8 Å². The normalized spacial score (nSPS) is 13.0. The quantitative estimate of drug-likeness (QED) is 0.889. The topological polar surface area (TPSA) is 67.9 Å². The lowest BCUT2D eigenvalue weighted by Gasteiger charge is -2.28. The number of nitrogens with one attached hydrogen (secondary N) is 1. The molecule has 3 rings (SSSR count). The van der Waals surface area contributed by atoms with E-state index in [0.29, 0.717) is 28.8 Å². The van der Waals surface area contributed by atoms with Gasteiger partial charge in [0.05, 0.1) is 12.3 Å². The Morgan fingerprint density at radius 2 is 2.04 bits per heavy atom. The van der Waals surface area contributed by atoms with Crippen LogP contribution in [0.3, 0.4) is 0 Å². The van der Waals surface area contributed by atoms with Gasteiger partial charge in [-0.15, -0.1) is 0 Å². The number of anilines is 2. The molecule has 1 aliphatic heterocycles. The predicted octanol–water partition coefficient (Wildman–Crippen LogP) is 3.10. The summed E-state index contributed by atoms with van der Waals surface area (Å²) in [6.07, 6.45) is 0. The standard InChI is InChI=1S/C18H17ClN2O4/c1-2-24-14-6-4-13(5-7-14)20-17(22)10-21-15-8-3-12(19)9-16(15)25-11-18(21)23/h3-9H,2,10-11H2,1H3,(H,20,22). The first-order valence-corrected chi connectivity index (χ1v) is 8.20. The molecule has 0 spiro atoms. The van der Waals surface area contributed by atoms with Crippen LogP contribution in [0.25, 0.3) is 0 Å². The van der Waals surface area contributed by atoms with Crippen LogP contribution in [0.1, 0.15) is 6.92 Å². The molecule has 0 saturated heterocycles. The molecule has 0 bridgehead atoms. The SMILES string of the molecule is CCOc1ccc(NC(=O)CN2C(=O)COc3cc(Cl)ccc32)cc1. The summed E-state index contributed by atoms with van der Waals surface area (Å²) >= 11 is 5.94. The molecule has 0 fully saturated rings. The van der Waals surface area contributed by atoms with Crippen LogP contribution in [-0.2, 0) is 9.59 Å². The first-order valence-electron chi connectivity index (χ1n) is 7.82. The number of nitrogens with zero attached hydrogens (tertiary/aromatic N) is 1. The number of hydrogen-bond donors (Lipinski definition) is 1. The molecule has 2 amide bonds. The Morgan fingerprint density at radius 1 is 1.28 bits per heavy atom. The number of amides is 2. The average molecular weight is 361 g/mol. The van der Waals surface area contributed by atoms with E-state index < -0.39 is 0 Å². The van der Waals surface area contributed by atoms with Gasteiger partial charge in [0.15, 0.2) is 6.61 Å². The van der Waals surface area contributed by atoms with Crippen LogP contribution in [0.15, 0.2) is 42.5 Å². The molecule has 0 aliphatic carbocycles. The number of hydrogen-bond acceptors (Lipinski definition) is 4. The van der Waals surface area contributed by atoms with E-state index in [1.54, 1.807) is 42.5 Å². The van der Waals surface area contributed by atoms with Gasteiger partial charge in [-0.3, -0.25) is 14.5 Å². The second-order valence-corrected chi connectivity index (χ2v) is 5.82. The largest absolute Gasteiger partial charge is 0.494 e. The van der Waals surface area contributed by atoms with E-state index in [1.165, 1.54) is 4.90 Å². The monoisotopic (exact) mass is 360 g/mol. The highest BCUT2D eigenvalue weighted by molar-refractivity contribution is 6.31. The number of halogens is 1. The van der Waals surface area contributed by atoms with Crippen LogP contribution >= 0.6 is 11.6 Å². The highest BCUT2D eigenvalue weighted by atomic mass is 35.5. The van der Waals surface area contributed by atoms with Crippen molar-refractivity contribution in [2.24, 2.45) is 0 Å². The summed E-state index contributed by atoms with van der Waals surface area (Å²) in [5.41, 5.74) is 1.16. The third-order valence-corrected chi connectivity index (χ3v) is 3.85. The number of carbonyl (C=O) groups is 2. The summed E-state index contributed by atoms with van der Waals surface area (Å²) in [7, 11) is 0. The second kappa shape index (κ2) is 7.44. The van der Waals surface area contributed by atoms with Gasteiger partial charge in [0, 0.05) is 16.8 Å². The molecule has 1 aliphatic rings. The van der Waals surface area contributed by atoms with E-state index in [2.05, 4.69) is 5.32 Å². The molecular formula is C18H17ClN2O4. The van der Waals surface area contributed by atoms with E-state index in [1.807, 2.05) is 6.92 Å². The van der Waals surface area contributed by atoms with Gasteiger partial charge in [0.2, 0.25) is 5.91 Å². The molecule has 130 valence electrons. The molecule has 25 heavy (non-hydrogen) atoms. The lowest BCUT2D eigenvalue weighted by molar-refractivity contribution is -0.123. The maximum atomic E-state index is 12.3. The Morgan fingerprint density at radius 3 is 2.76 bits per heavy atom. The summed E-state index contributed by atoms with van der Waals surface area (Å²) in [6, 6.07) is 12.0. The highest BCUT2D eigenvalue weighted by Crippen LogP contribution is 2.34. The zero-order valence-corrected chi connectivity index (χ0v) is 14.4. The summed E-state index contributed by atoms with van der Waals surface area (Å²) < 4.78 is 10.7. The van der Waals surface area contributed by atoms with Crippen LogP contribution in [0.5, 0.6) is 11.5 Å². The Labute approximate surface area is 150 Å². The fraction of sp³-hybridized carbons (Fsp3) is 0.222. The average Bonchev–Trinajstić information content (AvgIpc) is 2.59. The number of benzene rings is 2. The zero-order chi connectivity index (χ0) is 17.8. The number of carbonyl (C=O) groups excluding carboxylic acids is 2. The molecule has 1 N–H and O–H groups in total. The lowest BCUT2D eigenvalue weighted by atomic mass is 10.2. The summed E-state index contributed by atoms with van der Waals surface area (Å²) in [4.78, 5) is 25.8. The third-order valence-electron chi connectivity index (χ3n) is 3.62. The molecule has 1 heterocycles. The van der Waals surface area contributed by atoms with Crippen molar-refractivity contribution in [3.63, 3.8) is 0 Å². The molecule has 0 radical (unpaired) electrons. The van der Waals surface area contributed by atoms with Crippen LogP contribution in [0.2, 0.25) is 5.02 Å². The minimum absolute atomic E-state index is 0.107. The maximum Gasteiger partial charge on any atom is 0.265 e. The minimum Gasteiger partial charge on any atom is -0.494 e. The fourth-order valence-electron chi connectivity index (χ4n) is 2.50. The molecule has 0 atom stereocenters. The first-order chi connectivity index (χ1) is 12.1. The van der Waals surface area contributed by atoms with E-state index in [-0.39, 0.29) is 25.0 Å². The number of ether oxygens (including phenoxy) is 2. The Hall–Kier alpha value is -2.73. The van der Waals surface area contributed by atoms with Crippen LogP contribution in [0, 0.1) is 0 Å². The minimum atomic E-state index is -0.305. The van der Waals surface area contributed by atoms with Crippen LogP contribution in [0.4, 0.5) is 11.4 Å². The van der Waals surface area contributed by atoms with Gasteiger partial charge >= 0.3 is 0 Å². The summed E-state index contributed by atoms with van der Waals surface area (Å²) in [5.74, 6) is 0.632. The van der Waals surface area contributed by atoms with E-state index in [9.17, 15) is 9.59 Å². The maximum absolute atomic E-state index is 12.3. The Balaban J connectivity index is 1.69. The highest BCUT2D eigenvalue weighted by Gasteiger charge is 2.27. The predicted molar refractivity (Wildman–Crippen MR) is 95.5 cm³/mol. The third kappa shape index (κ3) is 4.03. The van der Waals surface area contributed by atoms with Crippen molar-refractivity contribution in [2.45, 2.75) is 6.92 Å². The van der Waals surface area contributed by atoms with Crippen molar-refractivity contribution in [1.29, 1.82) is 0 Å². The molecule has 2 aromatic carbocycles. The van der Waals surface area contributed by atoms with Gasteiger partial charge in [0.25, 0.3) is 5.91 Å². The van der Waals surface area contributed by atoms with Gasteiger partial charge in [0.1, 0.15) is 18.0 Å². The summed E-state index contributed by atoms with van der Waals surface area (Å²) in [5, 5.41) is 3.27. The first kappa shape index (κ1) is 17.1. The molecule has 2 aromatic rings. The Bertz CT molecular complexity index is 792. The molecule has 6 nitrogen and oxygen atoms in total. The zero-order valence-electron chi connectivity index (χ0n) is 13.6. The Kier molecular flexibility index (Phi) is 5.09. The van der Waals surface area contributed by atoms with E-state index >= 15 is 0 Å². The molecular weight excluding hydrogens is 344 g/mol. The van der Waals surface area contributed by atoms with Crippen LogP contribution < -0.4 is 19.7 Å². The van der Waals surface area contributed by atoms with Crippen molar-refractivity contribution < 1.29 is 19.1 Å². The van der Waals surface area contributed by atoms with Gasteiger partial charge in [-0.1, -0.05) is 11.6 Å². The number of rotatable bonds is 5.